The predicted molar refractivity (Wildman–Crippen MR) is 108 cm³/mol. The Morgan fingerprint density at radius 2 is 1.93 bits per heavy atom. The van der Waals surface area contributed by atoms with Gasteiger partial charge in [0.1, 0.15) is 17.3 Å². The fraction of sp³-hybridized carbons (Fsp3) is 0.350. The molecule has 1 amide bonds. The van der Waals surface area contributed by atoms with Gasteiger partial charge < -0.3 is 5.32 Å². The minimum Gasteiger partial charge on any atom is -0.305 e. The molecule has 0 bridgehead atoms. The zero-order valence-corrected chi connectivity index (χ0v) is 16.5. The number of hydrogen-bond donors (Lipinski definition) is 1. The quantitative estimate of drug-likeness (QED) is 0.632. The van der Waals surface area contributed by atoms with Crippen LogP contribution in [0.1, 0.15) is 48.6 Å². The van der Waals surface area contributed by atoms with Gasteiger partial charge in [-0.25, -0.2) is 14.1 Å². The molecule has 1 fully saturated rings. The van der Waals surface area contributed by atoms with E-state index in [2.05, 4.69) is 15.4 Å². The molecular formula is C20H22FN5OS. The van der Waals surface area contributed by atoms with Gasteiger partial charge in [0.15, 0.2) is 5.16 Å². The summed E-state index contributed by atoms with van der Waals surface area (Å²) >= 11 is 1.43. The molecule has 8 heteroatoms. The number of anilines is 1. The SMILES string of the molecule is CSc1ncc(C(=O)Nc2ccnn2C2CCCCC2)n1-c1ccc(F)cc1. The molecule has 2 heterocycles. The number of nitrogens with one attached hydrogen (secondary N) is 1. The maximum atomic E-state index is 13.3. The molecule has 1 N–H and O–H groups in total. The standard InChI is InChI=1S/C20H22FN5OS/c1-28-20-22-13-17(25(20)15-9-7-14(21)8-10-15)19(27)24-18-11-12-23-26(18)16-5-3-2-4-6-16/h7-13,16H,2-6H2,1H3,(H,24,27). The normalized spacial score (nSPS) is 14.9. The monoisotopic (exact) mass is 399 g/mol. The highest BCUT2D eigenvalue weighted by Gasteiger charge is 2.22. The molecule has 6 nitrogen and oxygen atoms in total. The molecule has 2 aromatic heterocycles. The van der Waals surface area contributed by atoms with E-state index in [4.69, 9.17) is 0 Å². The zero-order chi connectivity index (χ0) is 19.5. The first-order valence-corrected chi connectivity index (χ1v) is 10.6. The number of thioether (sulfide) groups is 1. The van der Waals surface area contributed by atoms with E-state index in [-0.39, 0.29) is 11.7 Å². The zero-order valence-electron chi connectivity index (χ0n) is 15.6. The number of amides is 1. The molecule has 0 saturated heterocycles. The van der Waals surface area contributed by atoms with Crippen LogP contribution in [0.5, 0.6) is 0 Å². The molecule has 4 rings (SSSR count). The van der Waals surface area contributed by atoms with E-state index < -0.39 is 0 Å². The maximum absolute atomic E-state index is 13.3. The molecule has 0 spiro atoms. The first-order valence-electron chi connectivity index (χ1n) is 9.40. The summed E-state index contributed by atoms with van der Waals surface area (Å²) in [6.45, 7) is 0. The summed E-state index contributed by atoms with van der Waals surface area (Å²) in [6.07, 6.45) is 10.9. The molecule has 1 saturated carbocycles. The van der Waals surface area contributed by atoms with Gasteiger partial charge in [-0.15, -0.1) is 0 Å². The van der Waals surface area contributed by atoms with Gasteiger partial charge in [0.05, 0.1) is 18.4 Å². The van der Waals surface area contributed by atoms with Crippen LogP contribution in [0.15, 0.2) is 47.9 Å². The highest BCUT2D eigenvalue weighted by atomic mass is 32.2. The van der Waals surface area contributed by atoms with E-state index >= 15 is 0 Å². The lowest BCUT2D eigenvalue weighted by Gasteiger charge is -2.24. The molecule has 146 valence electrons. The van der Waals surface area contributed by atoms with Crippen LogP contribution in [0.2, 0.25) is 0 Å². The fourth-order valence-electron chi connectivity index (χ4n) is 3.69. The van der Waals surface area contributed by atoms with Gasteiger partial charge in [-0.2, -0.15) is 5.10 Å². The van der Waals surface area contributed by atoms with E-state index in [0.29, 0.717) is 28.4 Å². The van der Waals surface area contributed by atoms with Gasteiger partial charge in [-0.1, -0.05) is 31.0 Å². The van der Waals surface area contributed by atoms with Crippen LogP contribution in [0.4, 0.5) is 10.2 Å². The van der Waals surface area contributed by atoms with Gasteiger partial charge in [-0.3, -0.25) is 9.36 Å². The number of carbonyl (C=O) groups excluding carboxylic acids is 1. The number of halogens is 1. The molecular weight excluding hydrogens is 377 g/mol. The second-order valence-corrected chi connectivity index (χ2v) is 7.62. The third kappa shape index (κ3) is 3.69. The lowest BCUT2D eigenvalue weighted by atomic mass is 9.96. The number of benzene rings is 1. The minimum absolute atomic E-state index is 0.269. The molecule has 1 aliphatic carbocycles. The number of nitrogens with zero attached hydrogens (tertiary/aromatic N) is 4. The molecule has 0 atom stereocenters. The number of hydrogen-bond acceptors (Lipinski definition) is 4. The summed E-state index contributed by atoms with van der Waals surface area (Å²) in [5.41, 5.74) is 1.08. The van der Waals surface area contributed by atoms with Crippen molar-refractivity contribution in [1.29, 1.82) is 0 Å². The van der Waals surface area contributed by atoms with Crippen molar-refractivity contribution in [2.75, 3.05) is 11.6 Å². The third-order valence-corrected chi connectivity index (χ3v) is 5.72. The van der Waals surface area contributed by atoms with Crippen molar-refractivity contribution in [3.8, 4) is 5.69 Å². The van der Waals surface area contributed by atoms with Crippen molar-refractivity contribution < 1.29 is 9.18 Å². The van der Waals surface area contributed by atoms with Crippen molar-refractivity contribution >= 4 is 23.5 Å². The summed E-state index contributed by atoms with van der Waals surface area (Å²) in [5, 5.41) is 8.08. The Labute approximate surface area is 167 Å². The molecule has 0 unspecified atom stereocenters. The summed E-state index contributed by atoms with van der Waals surface area (Å²) in [4.78, 5) is 17.4. The van der Waals surface area contributed by atoms with Crippen molar-refractivity contribution in [2.45, 2.75) is 43.3 Å². The van der Waals surface area contributed by atoms with E-state index in [1.807, 2.05) is 17.0 Å². The summed E-state index contributed by atoms with van der Waals surface area (Å²) in [6, 6.07) is 8.17. The largest absolute Gasteiger partial charge is 0.305 e. The van der Waals surface area contributed by atoms with Crippen LogP contribution in [0.3, 0.4) is 0 Å². The van der Waals surface area contributed by atoms with Crippen LogP contribution in [-0.4, -0.2) is 31.5 Å². The lowest BCUT2D eigenvalue weighted by molar-refractivity contribution is 0.101. The van der Waals surface area contributed by atoms with Crippen LogP contribution in [0, 0.1) is 5.82 Å². The Morgan fingerprint density at radius 3 is 2.64 bits per heavy atom. The highest BCUT2D eigenvalue weighted by molar-refractivity contribution is 7.98. The first-order chi connectivity index (χ1) is 13.7. The molecule has 3 aromatic rings. The van der Waals surface area contributed by atoms with Crippen LogP contribution >= 0.6 is 11.8 Å². The average Bonchev–Trinajstić information content (AvgIpc) is 3.36. The van der Waals surface area contributed by atoms with Crippen molar-refractivity contribution in [1.82, 2.24) is 19.3 Å². The van der Waals surface area contributed by atoms with Crippen LogP contribution in [0.25, 0.3) is 5.69 Å². The van der Waals surface area contributed by atoms with E-state index in [1.165, 1.54) is 43.2 Å². The van der Waals surface area contributed by atoms with Gasteiger partial charge >= 0.3 is 0 Å². The molecule has 28 heavy (non-hydrogen) atoms. The maximum Gasteiger partial charge on any atom is 0.275 e. The smallest absolute Gasteiger partial charge is 0.275 e. The number of carbonyl (C=O) groups is 1. The summed E-state index contributed by atoms with van der Waals surface area (Å²) < 4.78 is 17.0. The second-order valence-electron chi connectivity index (χ2n) is 6.85. The molecule has 0 radical (unpaired) electrons. The Balaban J connectivity index is 1.62. The van der Waals surface area contributed by atoms with Crippen LogP contribution in [-0.2, 0) is 0 Å². The van der Waals surface area contributed by atoms with Gasteiger partial charge in [0, 0.05) is 11.8 Å². The van der Waals surface area contributed by atoms with E-state index in [9.17, 15) is 9.18 Å². The van der Waals surface area contributed by atoms with E-state index in [1.54, 1.807) is 29.1 Å². The third-order valence-electron chi connectivity index (χ3n) is 5.06. The fourth-order valence-corrected chi connectivity index (χ4v) is 4.23. The van der Waals surface area contributed by atoms with Crippen LogP contribution < -0.4 is 5.32 Å². The van der Waals surface area contributed by atoms with Crippen molar-refractivity contribution in [3.05, 3.63) is 54.2 Å². The molecule has 1 aromatic carbocycles. The number of imidazole rings is 1. The lowest BCUT2D eigenvalue weighted by Crippen LogP contribution is -2.22. The average molecular weight is 399 g/mol. The predicted octanol–water partition coefficient (Wildman–Crippen LogP) is 4.69. The number of aromatic nitrogens is 4. The summed E-state index contributed by atoms with van der Waals surface area (Å²) in [5.74, 6) is 0.0982. The van der Waals surface area contributed by atoms with Gasteiger partial charge in [-0.05, 0) is 43.4 Å². The minimum atomic E-state index is -0.322. The Hall–Kier alpha value is -2.61. The van der Waals surface area contributed by atoms with Gasteiger partial charge in [0.25, 0.3) is 5.91 Å². The van der Waals surface area contributed by atoms with E-state index in [0.717, 1.165) is 12.8 Å². The second kappa shape index (κ2) is 8.18. The van der Waals surface area contributed by atoms with Crippen molar-refractivity contribution in [3.63, 3.8) is 0 Å². The number of rotatable bonds is 5. The van der Waals surface area contributed by atoms with Crippen molar-refractivity contribution in [2.24, 2.45) is 0 Å². The first kappa shape index (κ1) is 18.7. The molecule has 0 aliphatic heterocycles. The Bertz CT molecular complexity index is 959. The topological polar surface area (TPSA) is 64.7 Å². The summed E-state index contributed by atoms with van der Waals surface area (Å²) in [7, 11) is 0. The Morgan fingerprint density at radius 1 is 1.18 bits per heavy atom. The van der Waals surface area contributed by atoms with Gasteiger partial charge in [0.2, 0.25) is 0 Å². The Kier molecular flexibility index (Phi) is 5.47. The molecule has 1 aliphatic rings. The highest BCUT2D eigenvalue weighted by Crippen LogP contribution is 2.30.